The Balaban J connectivity index is 1.57. The number of rotatable bonds is 6. The zero-order valence-electron chi connectivity index (χ0n) is 17.1. The summed E-state index contributed by atoms with van der Waals surface area (Å²) in [6.07, 6.45) is 0.821. The first-order chi connectivity index (χ1) is 15.0. The van der Waals surface area contributed by atoms with Crippen LogP contribution in [0.1, 0.15) is 28.3 Å². The Hall–Kier alpha value is -3.87. The number of para-hydroxylation sites is 1. The molecule has 7 nitrogen and oxygen atoms in total. The van der Waals surface area contributed by atoms with E-state index in [-0.39, 0.29) is 23.1 Å². The van der Waals surface area contributed by atoms with Gasteiger partial charge in [0.15, 0.2) is 0 Å². The smallest absolute Gasteiger partial charge is 0.270 e. The molecule has 0 aliphatic carbocycles. The summed E-state index contributed by atoms with van der Waals surface area (Å²) in [6.45, 7) is 1.11. The minimum atomic E-state index is -0.507. The van der Waals surface area contributed by atoms with Crippen LogP contribution in [0.25, 0.3) is 0 Å². The fraction of sp³-hybridized carbons (Fsp3) is 0.208. The Morgan fingerprint density at radius 2 is 1.77 bits per heavy atom. The van der Waals surface area contributed by atoms with Crippen molar-refractivity contribution in [3.8, 4) is 17.2 Å². The number of methoxy groups -OCH3 is 1. The van der Waals surface area contributed by atoms with Gasteiger partial charge in [0.25, 0.3) is 11.6 Å². The largest absolute Gasteiger partial charge is 0.497 e. The van der Waals surface area contributed by atoms with Gasteiger partial charge in [-0.25, -0.2) is 0 Å². The van der Waals surface area contributed by atoms with Crippen molar-refractivity contribution in [2.45, 2.75) is 12.3 Å². The molecule has 1 atom stereocenters. The molecule has 0 saturated carbocycles. The Morgan fingerprint density at radius 3 is 2.45 bits per heavy atom. The van der Waals surface area contributed by atoms with E-state index in [2.05, 4.69) is 0 Å². The number of likely N-dealkylation sites (tertiary alicyclic amines) is 1. The van der Waals surface area contributed by atoms with Gasteiger partial charge in [-0.3, -0.25) is 14.9 Å². The molecule has 4 rings (SSSR count). The summed E-state index contributed by atoms with van der Waals surface area (Å²) >= 11 is 0. The van der Waals surface area contributed by atoms with E-state index in [0.717, 1.165) is 17.7 Å². The average Bonchev–Trinajstić information content (AvgIpc) is 3.30. The molecule has 158 valence electrons. The standard InChI is InChI=1S/C24H22N2O5/c1-30-20-10-7-17(8-11-20)18-13-14-25(16-18)24(27)22-15-19(26(28)29)9-12-23(22)31-21-5-3-2-4-6-21/h2-12,15,18H,13-14,16H2,1H3. The number of hydrogen-bond donors (Lipinski definition) is 0. The molecule has 0 aromatic heterocycles. The number of nitro benzene ring substituents is 1. The second kappa shape index (κ2) is 8.87. The second-order valence-corrected chi connectivity index (χ2v) is 7.36. The lowest BCUT2D eigenvalue weighted by Crippen LogP contribution is -2.28. The molecule has 3 aromatic carbocycles. The normalized spacial score (nSPS) is 15.5. The number of hydrogen-bond acceptors (Lipinski definition) is 5. The Morgan fingerprint density at radius 1 is 1.03 bits per heavy atom. The maximum absolute atomic E-state index is 13.3. The van der Waals surface area contributed by atoms with Crippen molar-refractivity contribution in [3.05, 3.63) is 94.0 Å². The number of carbonyl (C=O) groups is 1. The summed E-state index contributed by atoms with van der Waals surface area (Å²) in [5.41, 5.74) is 1.18. The van der Waals surface area contributed by atoms with Crippen LogP contribution in [0.3, 0.4) is 0 Å². The van der Waals surface area contributed by atoms with E-state index in [0.29, 0.717) is 24.6 Å². The van der Waals surface area contributed by atoms with Crippen LogP contribution >= 0.6 is 0 Å². The lowest BCUT2D eigenvalue weighted by Gasteiger charge is -2.19. The number of ether oxygens (including phenoxy) is 2. The first-order valence-electron chi connectivity index (χ1n) is 9.99. The van der Waals surface area contributed by atoms with E-state index in [1.165, 1.54) is 18.2 Å². The monoisotopic (exact) mass is 418 g/mol. The first-order valence-corrected chi connectivity index (χ1v) is 9.99. The van der Waals surface area contributed by atoms with Gasteiger partial charge in [-0.1, -0.05) is 30.3 Å². The van der Waals surface area contributed by atoms with Crippen molar-refractivity contribution in [1.82, 2.24) is 4.90 Å². The SMILES string of the molecule is COc1ccc(C2CCN(C(=O)c3cc([N+](=O)[O-])ccc3Oc3ccccc3)C2)cc1. The van der Waals surface area contributed by atoms with Crippen molar-refractivity contribution in [2.24, 2.45) is 0 Å². The number of benzene rings is 3. The highest BCUT2D eigenvalue weighted by Crippen LogP contribution is 2.33. The van der Waals surface area contributed by atoms with Gasteiger partial charge in [0.1, 0.15) is 17.2 Å². The van der Waals surface area contributed by atoms with Crippen LogP contribution in [0, 0.1) is 10.1 Å². The number of amides is 1. The maximum Gasteiger partial charge on any atom is 0.270 e. The van der Waals surface area contributed by atoms with Crippen molar-refractivity contribution in [3.63, 3.8) is 0 Å². The molecular weight excluding hydrogens is 396 g/mol. The van der Waals surface area contributed by atoms with Gasteiger partial charge in [0.05, 0.1) is 17.6 Å². The highest BCUT2D eigenvalue weighted by Gasteiger charge is 2.30. The molecular formula is C24H22N2O5. The second-order valence-electron chi connectivity index (χ2n) is 7.36. The minimum absolute atomic E-state index is 0.144. The van der Waals surface area contributed by atoms with Gasteiger partial charge in [-0.2, -0.15) is 0 Å². The molecule has 1 aliphatic heterocycles. The quantitative estimate of drug-likeness (QED) is 0.414. The molecule has 31 heavy (non-hydrogen) atoms. The van der Waals surface area contributed by atoms with Crippen LogP contribution in [-0.2, 0) is 0 Å². The Bertz CT molecular complexity index is 1080. The predicted octanol–water partition coefficient (Wildman–Crippen LogP) is 5.03. The number of non-ortho nitro benzene ring substituents is 1. The molecule has 0 radical (unpaired) electrons. The molecule has 1 amide bonds. The van der Waals surface area contributed by atoms with Crippen LogP contribution in [0.2, 0.25) is 0 Å². The van der Waals surface area contributed by atoms with E-state index in [1.807, 2.05) is 42.5 Å². The molecule has 1 unspecified atom stereocenters. The van der Waals surface area contributed by atoms with Crippen molar-refractivity contribution < 1.29 is 19.2 Å². The van der Waals surface area contributed by atoms with Gasteiger partial charge in [-0.15, -0.1) is 0 Å². The summed E-state index contributed by atoms with van der Waals surface area (Å²) in [6, 6.07) is 21.0. The summed E-state index contributed by atoms with van der Waals surface area (Å²) in [4.78, 5) is 25.8. The van der Waals surface area contributed by atoms with Gasteiger partial charge in [-0.05, 0) is 42.3 Å². The topological polar surface area (TPSA) is 81.9 Å². The zero-order chi connectivity index (χ0) is 21.8. The van der Waals surface area contributed by atoms with Gasteiger partial charge in [0.2, 0.25) is 0 Å². The third-order valence-electron chi connectivity index (χ3n) is 5.44. The molecule has 3 aromatic rings. The number of nitrogens with zero attached hydrogens (tertiary/aromatic N) is 2. The maximum atomic E-state index is 13.3. The van der Waals surface area contributed by atoms with Crippen LogP contribution in [0.4, 0.5) is 5.69 Å². The molecule has 1 fully saturated rings. The zero-order valence-corrected chi connectivity index (χ0v) is 17.1. The lowest BCUT2D eigenvalue weighted by atomic mass is 9.98. The predicted molar refractivity (Wildman–Crippen MR) is 116 cm³/mol. The van der Waals surface area contributed by atoms with Crippen molar-refractivity contribution in [2.75, 3.05) is 20.2 Å². The minimum Gasteiger partial charge on any atom is -0.497 e. The first kappa shape index (κ1) is 20.4. The summed E-state index contributed by atoms with van der Waals surface area (Å²) in [5, 5.41) is 11.3. The number of nitro groups is 1. The van der Waals surface area contributed by atoms with Crippen LogP contribution in [-0.4, -0.2) is 35.9 Å². The van der Waals surface area contributed by atoms with E-state index in [4.69, 9.17) is 9.47 Å². The fourth-order valence-electron chi connectivity index (χ4n) is 3.77. The summed E-state index contributed by atoms with van der Waals surface area (Å²) in [5.74, 6) is 1.57. The Labute approximate surface area is 180 Å². The third-order valence-corrected chi connectivity index (χ3v) is 5.44. The van der Waals surface area contributed by atoms with E-state index in [9.17, 15) is 14.9 Å². The highest BCUT2D eigenvalue weighted by atomic mass is 16.6. The lowest BCUT2D eigenvalue weighted by molar-refractivity contribution is -0.384. The van der Waals surface area contributed by atoms with Crippen molar-refractivity contribution >= 4 is 11.6 Å². The van der Waals surface area contributed by atoms with Gasteiger partial charge < -0.3 is 14.4 Å². The molecule has 0 bridgehead atoms. The summed E-state index contributed by atoms with van der Waals surface area (Å²) < 4.78 is 11.1. The van der Waals surface area contributed by atoms with E-state index < -0.39 is 4.92 Å². The molecule has 7 heteroatoms. The van der Waals surface area contributed by atoms with E-state index >= 15 is 0 Å². The molecule has 1 heterocycles. The fourth-order valence-corrected chi connectivity index (χ4v) is 3.77. The van der Waals surface area contributed by atoms with E-state index in [1.54, 1.807) is 24.1 Å². The Kier molecular flexibility index (Phi) is 5.84. The molecule has 0 spiro atoms. The molecule has 1 saturated heterocycles. The third kappa shape index (κ3) is 4.50. The van der Waals surface area contributed by atoms with Crippen LogP contribution in [0.5, 0.6) is 17.2 Å². The van der Waals surface area contributed by atoms with Crippen LogP contribution in [0.15, 0.2) is 72.8 Å². The van der Waals surface area contributed by atoms with Gasteiger partial charge >= 0.3 is 0 Å². The van der Waals surface area contributed by atoms with Crippen LogP contribution < -0.4 is 9.47 Å². The highest BCUT2D eigenvalue weighted by molar-refractivity contribution is 5.98. The molecule has 0 N–H and O–H groups in total. The average molecular weight is 418 g/mol. The summed E-state index contributed by atoms with van der Waals surface area (Å²) in [7, 11) is 1.62. The van der Waals surface area contributed by atoms with Crippen molar-refractivity contribution in [1.29, 1.82) is 0 Å². The molecule has 1 aliphatic rings. The number of carbonyl (C=O) groups excluding carboxylic acids is 1. The van der Waals surface area contributed by atoms with Gasteiger partial charge in [0, 0.05) is 31.1 Å².